The Morgan fingerprint density at radius 2 is 1.85 bits per heavy atom. The molecule has 0 saturated heterocycles. The van der Waals surface area contributed by atoms with E-state index in [9.17, 15) is 0 Å². The Bertz CT molecular complexity index is 593. The van der Waals surface area contributed by atoms with Gasteiger partial charge in [0, 0.05) is 22.7 Å². The Kier molecular flexibility index (Phi) is 4.84. The first kappa shape index (κ1) is 15.1. The van der Waals surface area contributed by atoms with Gasteiger partial charge in [0.2, 0.25) is 0 Å². The van der Waals surface area contributed by atoms with Gasteiger partial charge in [-0.3, -0.25) is 0 Å². The van der Waals surface area contributed by atoms with E-state index in [1.807, 2.05) is 6.92 Å². The Morgan fingerprint density at radius 3 is 2.40 bits per heavy atom. The average Bonchev–Trinajstić information content (AvgIpc) is 2.43. The Morgan fingerprint density at radius 1 is 1.15 bits per heavy atom. The zero-order valence-corrected chi connectivity index (χ0v) is 13.8. The molecule has 1 unspecified atom stereocenters. The van der Waals surface area contributed by atoms with E-state index < -0.39 is 0 Å². The molecule has 20 heavy (non-hydrogen) atoms. The molecule has 0 bridgehead atoms. The maximum Gasteiger partial charge on any atom is 0.0555 e. The highest BCUT2D eigenvalue weighted by atomic mass is 79.9. The summed E-state index contributed by atoms with van der Waals surface area (Å²) < 4.78 is 1.08. The van der Waals surface area contributed by atoms with Crippen LogP contribution in [-0.4, -0.2) is 6.54 Å². The predicted molar refractivity (Wildman–Crippen MR) is 90.6 cm³/mol. The molecule has 0 amide bonds. The first-order chi connectivity index (χ1) is 9.54. The van der Waals surface area contributed by atoms with Gasteiger partial charge in [-0.25, -0.2) is 0 Å². The van der Waals surface area contributed by atoms with Gasteiger partial charge in [-0.1, -0.05) is 24.3 Å². The molecule has 2 rings (SSSR count). The van der Waals surface area contributed by atoms with Crippen molar-refractivity contribution in [1.29, 1.82) is 0 Å². The zero-order chi connectivity index (χ0) is 14.7. The van der Waals surface area contributed by atoms with Crippen LogP contribution in [0.1, 0.15) is 31.0 Å². The van der Waals surface area contributed by atoms with Gasteiger partial charge in [0.1, 0.15) is 0 Å². The fourth-order valence-electron chi connectivity index (χ4n) is 2.36. The second-order valence-corrected chi connectivity index (χ2v) is 5.88. The Labute approximate surface area is 129 Å². The number of para-hydroxylation sites is 1. The number of rotatable bonds is 4. The minimum Gasteiger partial charge on any atom is -0.341 e. The molecular formula is C17H21BrN2. The lowest BCUT2D eigenvalue weighted by Crippen LogP contribution is -2.18. The molecule has 2 N–H and O–H groups in total. The van der Waals surface area contributed by atoms with E-state index >= 15 is 0 Å². The monoisotopic (exact) mass is 332 g/mol. The maximum atomic E-state index is 5.94. The van der Waals surface area contributed by atoms with Crippen LogP contribution in [-0.2, 0) is 0 Å². The van der Waals surface area contributed by atoms with Crippen molar-refractivity contribution in [3.05, 3.63) is 58.1 Å². The lowest BCUT2D eigenvalue weighted by atomic mass is 10.1. The van der Waals surface area contributed by atoms with Crippen LogP contribution in [0.15, 0.2) is 46.9 Å². The fourth-order valence-corrected chi connectivity index (χ4v) is 2.97. The third-order valence-electron chi connectivity index (χ3n) is 3.51. The lowest BCUT2D eigenvalue weighted by molar-refractivity contribution is 0.817. The van der Waals surface area contributed by atoms with Crippen molar-refractivity contribution >= 4 is 27.3 Å². The largest absolute Gasteiger partial charge is 0.341 e. The minimum atomic E-state index is 0.0499. The summed E-state index contributed by atoms with van der Waals surface area (Å²) in [7, 11) is 0. The van der Waals surface area contributed by atoms with Crippen molar-refractivity contribution in [2.45, 2.75) is 26.8 Å². The first-order valence-electron chi connectivity index (χ1n) is 6.92. The molecule has 0 radical (unpaired) electrons. The van der Waals surface area contributed by atoms with Crippen LogP contribution in [0.4, 0.5) is 11.4 Å². The van der Waals surface area contributed by atoms with E-state index in [-0.39, 0.29) is 6.04 Å². The van der Waals surface area contributed by atoms with Crippen LogP contribution < -0.4 is 10.6 Å². The predicted octanol–water partition coefficient (Wildman–Crippen LogP) is 4.94. The lowest BCUT2D eigenvalue weighted by Gasteiger charge is -2.26. The third kappa shape index (κ3) is 3.05. The van der Waals surface area contributed by atoms with Gasteiger partial charge < -0.3 is 10.6 Å². The normalized spacial score (nSPS) is 12.2. The van der Waals surface area contributed by atoms with Crippen molar-refractivity contribution in [3.8, 4) is 0 Å². The summed E-state index contributed by atoms with van der Waals surface area (Å²) >= 11 is 3.68. The smallest absolute Gasteiger partial charge is 0.0555 e. The molecule has 0 saturated carbocycles. The molecule has 0 heterocycles. The quantitative estimate of drug-likeness (QED) is 0.859. The van der Waals surface area contributed by atoms with Gasteiger partial charge >= 0.3 is 0 Å². The summed E-state index contributed by atoms with van der Waals surface area (Å²) in [5, 5.41) is 0. The number of nitrogens with two attached hydrogens (primary N) is 1. The highest BCUT2D eigenvalue weighted by molar-refractivity contribution is 9.10. The molecule has 3 heteroatoms. The minimum absolute atomic E-state index is 0.0499. The van der Waals surface area contributed by atoms with Crippen LogP contribution in [0.25, 0.3) is 0 Å². The van der Waals surface area contributed by atoms with Crippen LogP contribution in [0.5, 0.6) is 0 Å². The summed E-state index contributed by atoms with van der Waals surface area (Å²) in [5.74, 6) is 0. The van der Waals surface area contributed by atoms with Crippen LogP contribution in [0, 0.1) is 6.92 Å². The molecule has 0 aliphatic rings. The molecule has 0 aliphatic carbocycles. The Balaban J connectivity index is 2.45. The highest BCUT2D eigenvalue weighted by Crippen LogP contribution is 2.34. The summed E-state index contributed by atoms with van der Waals surface area (Å²) in [4.78, 5) is 2.31. The highest BCUT2D eigenvalue weighted by Gasteiger charge is 2.13. The molecule has 106 valence electrons. The van der Waals surface area contributed by atoms with Gasteiger partial charge in [-0.05, 0) is 66.0 Å². The topological polar surface area (TPSA) is 29.3 Å². The number of hydrogen-bond donors (Lipinski definition) is 1. The number of aryl methyl sites for hydroxylation is 1. The second-order valence-electron chi connectivity index (χ2n) is 5.03. The molecule has 0 fully saturated rings. The number of hydrogen-bond acceptors (Lipinski definition) is 2. The van der Waals surface area contributed by atoms with Gasteiger partial charge in [-0.2, -0.15) is 0 Å². The molecule has 0 aliphatic heterocycles. The zero-order valence-electron chi connectivity index (χ0n) is 12.2. The van der Waals surface area contributed by atoms with Gasteiger partial charge in [0.15, 0.2) is 0 Å². The molecule has 2 aromatic carbocycles. The van der Waals surface area contributed by atoms with Crippen molar-refractivity contribution in [1.82, 2.24) is 0 Å². The molecule has 0 spiro atoms. The van der Waals surface area contributed by atoms with Crippen LogP contribution in [0.3, 0.4) is 0 Å². The summed E-state index contributed by atoms with van der Waals surface area (Å²) in [6.45, 7) is 7.22. The Hall–Kier alpha value is -1.32. The van der Waals surface area contributed by atoms with E-state index in [1.165, 1.54) is 16.9 Å². The van der Waals surface area contributed by atoms with Crippen molar-refractivity contribution in [2.75, 3.05) is 11.4 Å². The van der Waals surface area contributed by atoms with Crippen molar-refractivity contribution in [3.63, 3.8) is 0 Å². The standard InChI is InChI=1S/C17H21BrN2/c1-4-20(16-8-6-5-7-12(16)2)17-10-9-14(13(3)19)11-15(17)18/h5-11,13H,4,19H2,1-3H3. The first-order valence-corrected chi connectivity index (χ1v) is 7.72. The van der Waals surface area contributed by atoms with E-state index in [4.69, 9.17) is 5.73 Å². The van der Waals surface area contributed by atoms with Gasteiger partial charge in [0.05, 0.1) is 5.69 Å². The second kappa shape index (κ2) is 6.42. The number of halogens is 1. The van der Waals surface area contributed by atoms with E-state index in [1.54, 1.807) is 0 Å². The molecular weight excluding hydrogens is 312 g/mol. The summed E-state index contributed by atoms with van der Waals surface area (Å²) in [5.41, 5.74) is 10.8. The third-order valence-corrected chi connectivity index (χ3v) is 4.15. The van der Waals surface area contributed by atoms with Crippen molar-refractivity contribution in [2.24, 2.45) is 5.73 Å². The van der Waals surface area contributed by atoms with Crippen LogP contribution >= 0.6 is 15.9 Å². The molecule has 0 aromatic heterocycles. The molecule has 2 aromatic rings. The number of anilines is 2. The molecule has 2 nitrogen and oxygen atoms in total. The molecule has 1 atom stereocenters. The summed E-state index contributed by atoms with van der Waals surface area (Å²) in [6, 6.07) is 14.8. The SMILES string of the molecule is CCN(c1ccccc1C)c1ccc(C(C)N)cc1Br. The van der Waals surface area contributed by atoms with Crippen LogP contribution in [0.2, 0.25) is 0 Å². The average molecular weight is 333 g/mol. The summed E-state index contributed by atoms with van der Waals surface area (Å²) in [6.07, 6.45) is 0. The number of nitrogens with zero attached hydrogens (tertiary/aromatic N) is 1. The van der Waals surface area contributed by atoms with E-state index in [0.717, 1.165) is 16.6 Å². The van der Waals surface area contributed by atoms with E-state index in [0.29, 0.717) is 0 Å². The van der Waals surface area contributed by atoms with Gasteiger partial charge in [-0.15, -0.1) is 0 Å². The van der Waals surface area contributed by atoms with E-state index in [2.05, 4.69) is 77.1 Å². The van der Waals surface area contributed by atoms with Gasteiger partial charge in [0.25, 0.3) is 0 Å². The maximum absolute atomic E-state index is 5.94. The van der Waals surface area contributed by atoms with Crippen molar-refractivity contribution < 1.29 is 0 Å². The fraction of sp³-hybridized carbons (Fsp3) is 0.294. The number of benzene rings is 2.